The second-order valence-corrected chi connectivity index (χ2v) is 10.8. The van der Waals surface area contributed by atoms with Gasteiger partial charge >= 0.3 is 0 Å². The van der Waals surface area contributed by atoms with E-state index in [0.717, 1.165) is 0 Å². The Kier molecular flexibility index (Phi) is 9.58. The molecule has 1 aromatic carbocycles. The second-order valence-electron chi connectivity index (χ2n) is 7.95. The van der Waals surface area contributed by atoms with Gasteiger partial charge in [-0.15, -0.1) is 0 Å². The molecule has 1 amide bonds. The molecule has 0 aliphatic heterocycles. The van der Waals surface area contributed by atoms with Crippen molar-refractivity contribution in [2.45, 2.75) is 24.1 Å². The lowest BCUT2D eigenvalue weighted by Gasteiger charge is -2.15. The van der Waals surface area contributed by atoms with Crippen LogP contribution >= 0.6 is 11.6 Å². The van der Waals surface area contributed by atoms with Crippen molar-refractivity contribution in [1.82, 2.24) is 20.3 Å². The lowest BCUT2D eigenvalue weighted by molar-refractivity contribution is -0.115. The summed E-state index contributed by atoms with van der Waals surface area (Å²) in [6.07, 6.45) is 2.77. The maximum atomic E-state index is 12.7. The molecule has 3 rings (SSSR count). The summed E-state index contributed by atoms with van der Waals surface area (Å²) in [7, 11) is -2.19. The van der Waals surface area contributed by atoms with Gasteiger partial charge in [0.2, 0.25) is 11.9 Å². The minimum absolute atomic E-state index is 0.0500. The fourth-order valence-electron chi connectivity index (χ4n) is 3.06. The van der Waals surface area contributed by atoms with Crippen LogP contribution in [-0.2, 0) is 14.6 Å². The predicted molar refractivity (Wildman–Crippen MR) is 142 cm³/mol. The van der Waals surface area contributed by atoms with Crippen LogP contribution in [0.5, 0.6) is 5.75 Å². The SMILES string of the molecule is COc1cc(NC(=O)CNCCO)ccc1Nc1ncc(Cl)c(Nc2cccnc2S(=O)(=O)C(C)C)n1. The summed E-state index contributed by atoms with van der Waals surface area (Å²) in [5, 5.41) is 19.7. The number of benzene rings is 1. The minimum Gasteiger partial charge on any atom is -0.494 e. The first kappa shape index (κ1) is 28.1. The Hall–Kier alpha value is -3.52. The van der Waals surface area contributed by atoms with Crippen LogP contribution in [0.2, 0.25) is 5.02 Å². The maximum absolute atomic E-state index is 12.7. The van der Waals surface area contributed by atoms with E-state index in [1.807, 2.05) is 0 Å². The van der Waals surface area contributed by atoms with Gasteiger partial charge in [0.1, 0.15) is 10.8 Å². The molecule has 0 unspecified atom stereocenters. The zero-order valence-corrected chi connectivity index (χ0v) is 22.0. The Morgan fingerprint density at radius 2 is 1.95 bits per heavy atom. The van der Waals surface area contributed by atoms with Crippen LogP contribution < -0.4 is 26.0 Å². The van der Waals surface area contributed by atoms with Crippen molar-refractivity contribution < 1.29 is 23.1 Å². The first-order valence-corrected chi connectivity index (χ1v) is 13.1. The summed E-state index contributed by atoms with van der Waals surface area (Å²) in [4.78, 5) is 24.6. The van der Waals surface area contributed by atoms with Crippen LogP contribution in [0, 0.1) is 0 Å². The van der Waals surface area contributed by atoms with Crippen molar-refractivity contribution in [1.29, 1.82) is 0 Å². The molecule has 0 saturated heterocycles. The average molecular weight is 550 g/mol. The molecule has 0 radical (unpaired) electrons. The molecule has 3 aromatic rings. The molecular weight excluding hydrogens is 522 g/mol. The highest BCUT2D eigenvalue weighted by Gasteiger charge is 2.25. The minimum atomic E-state index is -3.67. The number of sulfone groups is 1. The van der Waals surface area contributed by atoms with Crippen molar-refractivity contribution in [3.8, 4) is 5.75 Å². The molecule has 0 aliphatic carbocycles. The molecule has 0 bridgehead atoms. The van der Waals surface area contributed by atoms with Crippen molar-refractivity contribution in [3.05, 3.63) is 47.7 Å². The molecule has 0 spiro atoms. The van der Waals surface area contributed by atoms with E-state index < -0.39 is 15.1 Å². The third kappa shape index (κ3) is 7.26. The van der Waals surface area contributed by atoms with Crippen molar-refractivity contribution in [3.63, 3.8) is 0 Å². The normalized spacial score (nSPS) is 11.3. The Morgan fingerprint density at radius 3 is 2.65 bits per heavy atom. The van der Waals surface area contributed by atoms with E-state index >= 15 is 0 Å². The summed E-state index contributed by atoms with van der Waals surface area (Å²) in [5.74, 6) is 0.465. The number of nitrogens with zero attached hydrogens (tertiary/aromatic N) is 3. The van der Waals surface area contributed by atoms with Crippen LogP contribution in [-0.4, -0.2) is 66.4 Å². The van der Waals surface area contributed by atoms with Crippen LogP contribution in [0.3, 0.4) is 0 Å². The van der Waals surface area contributed by atoms with Gasteiger partial charge < -0.3 is 31.1 Å². The van der Waals surface area contributed by atoms with Crippen molar-refractivity contribution in [2.24, 2.45) is 0 Å². The molecule has 0 atom stereocenters. The Morgan fingerprint density at radius 1 is 1.16 bits per heavy atom. The summed E-state index contributed by atoms with van der Waals surface area (Å²) < 4.78 is 30.9. The fraction of sp³-hybridized carbons (Fsp3) is 0.304. The summed E-state index contributed by atoms with van der Waals surface area (Å²) in [6, 6.07) is 8.14. The zero-order chi connectivity index (χ0) is 27.0. The van der Waals surface area contributed by atoms with Crippen LogP contribution in [0.1, 0.15) is 13.8 Å². The van der Waals surface area contributed by atoms with Gasteiger partial charge in [0.25, 0.3) is 0 Å². The van der Waals surface area contributed by atoms with E-state index in [-0.39, 0.29) is 46.6 Å². The molecule has 37 heavy (non-hydrogen) atoms. The number of aromatic nitrogens is 3. The Balaban J connectivity index is 1.81. The fourth-order valence-corrected chi connectivity index (χ4v) is 4.28. The highest BCUT2D eigenvalue weighted by Crippen LogP contribution is 2.32. The number of halogens is 1. The van der Waals surface area contributed by atoms with Gasteiger partial charge in [-0.25, -0.2) is 18.4 Å². The van der Waals surface area contributed by atoms with Crippen molar-refractivity contribution >= 4 is 56.2 Å². The summed E-state index contributed by atoms with van der Waals surface area (Å²) in [6.45, 7) is 3.45. The highest BCUT2D eigenvalue weighted by molar-refractivity contribution is 7.92. The lowest BCUT2D eigenvalue weighted by atomic mass is 10.2. The monoisotopic (exact) mass is 549 g/mol. The quantitative estimate of drug-likeness (QED) is 0.211. The lowest BCUT2D eigenvalue weighted by Crippen LogP contribution is -2.29. The molecule has 0 fully saturated rings. The average Bonchev–Trinajstić information content (AvgIpc) is 2.87. The molecule has 198 valence electrons. The van der Waals surface area contributed by atoms with Gasteiger partial charge in [-0.05, 0) is 38.1 Å². The Labute approximate surface area is 219 Å². The number of methoxy groups -OCH3 is 1. The second kappa shape index (κ2) is 12.6. The van der Waals surface area contributed by atoms with Gasteiger partial charge in [-0.3, -0.25) is 4.79 Å². The topological polar surface area (TPSA) is 167 Å². The third-order valence-corrected chi connectivity index (χ3v) is 7.35. The van der Waals surface area contributed by atoms with E-state index in [2.05, 4.69) is 36.2 Å². The Bertz CT molecular complexity index is 1360. The van der Waals surface area contributed by atoms with Gasteiger partial charge in [-0.1, -0.05) is 11.6 Å². The number of carbonyl (C=O) groups is 1. The number of rotatable bonds is 12. The molecule has 12 nitrogen and oxygen atoms in total. The van der Waals surface area contributed by atoms with Crippen molar-refractivity contribution in [2.75, 3.05) is 42.8 Å². The number of ether oxygens (including phenoxy) is 1. The zero-order valence-electron chi connectivity index (χ0n) is 20.4. The highest BCUT2D eigenvalue weighted by atomic mass is 35.5. The van der Waals surface area contributed by atoms with Gasteiger partial charge in [0, 0.05) is 24.5 Å². The number of aliphatic hydroxyl groups is 1. The predicted octanol–water partition coefficient (Wildman–Crippen LogP) is 2.72. The molecule has 2 heterocycles. The number of nitrogens with one attached hydrogen (secondary N) is 4. The van der Waals surface area contributed by atoms with Crippen LogP contribution in [0.4, 0.5) is 28.8 Å². The number of anilines is 5. The maximum Gasteiger partial charge on any atom is 0.238 e. The first-order chi connectivity index (χ1) is 17.6. The summed E-state index contributed by atoms with van der Waals surface area (Å²) >= 11 is 6.28. The number of hydrogen-bond acceptors (Lipinski definition) is 11. The molecule has 5 N–H and O–H groups in total. The molecular formula is C23H28ClN7O5S. The number of pyridine rings is 1. The van der Waals surface area contributed by atoms with E-state index in [4.69, 9.17) is 21.4 Å². The number of carbonyl (C=O) groups excluding carboxylic acids is 1. The number of amides is 1. The molecule has 14 heteroatoms. The summed E-state index contributed by atoms with van der Waals surface area (Å²) in [5.41, 5.74) is 1.25. The largest absolute Gasteiger partial charge is 0.494 e. The third-order valence-electron chi connectivity index (χ3n) is 4.96. The van der Waals surface area contributed by atoms with Gasteiger partial charge in [0.15, 0.2) is 20.7 Å². The standard InChI is InChI=1S/C23H28ClN7O5S/c1-14(2)37(34,35)22-18(5-4-8-26-22)29-21-16(24)12-27-23(31-21)30-17-7-6-15(11-19(17)36-3)28-20(33)13-25-9-10-32/h4-8,11-12,14,25,32H,9-10,13H2,1-3H3,(H,28,33)(H2,27,29,30,31). The number of hydrogen-bond donors (Lipinski definition) is 5. The number of aliphatic hydroxyl groups excluding tert-OH is 1. The smallest absolute Gasteiger partial charge is 0.238 e. The first-order valence-electron chi connectivity index (χ1n) is 11.2. The van der Waals surface area contributed by atoms with Crippen LogP contribution in [0.25, 0.3) is 0 Å². The molecule has 0 saturated carbocycles. The van der Waals surface area contributed by atoms with E-state index in [1.54, 1.807) is 44.2 Å². The van der Waals surface area contributed by atoms with E-state index in [9.17, 15) is 13.2 Å². The molecule has 2 aromatic heterocycles. The van der Waals surface area contributed by atoms with E-state index in [0.29, 0.717) is 23.7 Å². The van der Waals surface area contributed by atoms with Gasteiger partial charge in [0.05, 0.1) is 43.1 Å². The van der Waals surface area contributed by atoms with Crippen LogP contribution in [0.15, 0.2) is 47.8 Å². The van der Waals surface area contributed by atoms with E-state index in [1.165, 1.54) is 19.5 Å². The van der Waals surface area contributed by atoms with Gasteiger partial charge in [-0.2, -0.15) is 4.98 Å². The molecule has 0 aliphatic rings.